The second kappa shape index (κ2) is 5.24. The number of amides is 3. The molecule has 0 aromatic rings. The molecule has 18 heavy (non-hydrogen) atoms. The van der Waals surface area contributed by atoms with Crippen LogP contribution in [0.3, 0.4) is 0 Å². The fraction of sp³-hybridized carbons (Fsp3) is 0.727. The summed E-state index contributed by atoms with van der Waals surface area (Å²) in [5.74, 6) is -0.798. The molecule has 3 amide bonds. The van der Waals surface area contributed by atoms with Crippen LogP contribution >= 0.6 is 0 Å². The zero-order valence-electron chi connectivity index (χ0n) is 10.1. The Balaban J connectivity index is 1.96. The molecular formula is C11H17N3O4. The Kier molecular flexibility index (Phi) is 3.69. The Morgan fingerprint density at radius 3 is 2.72 bits per heavy atom. The lowest BCUT2D eigenvalue weighted by Crippen LogP contribution is -2.55. The second-order valence-corrected chi connectivity index (χ2v) is 4.77. The topological polar surface area (TPSA) is 89.9 Å². The highest BCUT2D eigenvalue weighted by atomic mass is 16.4. The van der Waals surface area contributed by atoms with Crippen LogP contribution in [0, 0.1) is 5.92 Å². The van der Waals surface area contributed by atoms with E-state index in [4.69, 9.17) is 5.11 Å². The van der Waals surface area contributed by atoms with Crippen molar-refractivity contribution in [3.63, 3.8) is 0 Å². The molecule has 1 saturated carbocycles. The Hall–Kier alpha value is -1.79. The summed E-state index contributed by atoms with van der Waals surface area (Å²) in [5, 5.41) is 11.5. The quantitative estimate of drug-likeness (QED) is 0.697. The maximum absolute atomic E-state index is 12.2. The van der Waals surface area contributed by atoms with E-state index in [-0.39, 0.29) is 25.0 Å². The summed E-state index contributed by atoms with van der Waals surface area (Å²) in [7, 11) is 0. The summed E-state index contributed by atoms with van der Waals surface area (Å²) in [6.45, 7) is 1.05. The van der Waals surface area contributed by atoms with Crippen LogP contribution in [0.2, 0.25) is 0 Å². The predicted octanol–water partition coefficient (Wildman–Crippen LogP) is -0.665. The van der Waals surface area contributed by atoms with Crippen molar-refractivity contribution >= 4 is 17.9 Å². The van der Waals surface area contributed by atoms with Crippen LogP contribution in [-0.2, 0) is 9.59 Å². The van der Waals surface area contributed by atoms with Crippen LogP contribution in [0.1, 0.15) is 12.8 Å². The highest BCUT2D eigenvalue weighted by molar-refractivity contribution is 5.86. The lowest BCUT2D eigenvalue weighted by Gasteiger charge is -2.32. The number of piperazine rings is 1. The number of carboxylic acids is 1. The molecule has 0 atom stereocenters. The van der Waals surface area contributed by atoms with Gasteiger partial charge in [0.1, 0.15) is 13.1 Å². The molecular weight excluding hydrogens is 238 g/mol. The lowest BCUT2D eigenvalue weighted by molar-refractivity contribution is -0.137. The van der Waals surface area contributed by atoms with E-state index in [1.54, 1.807) is 0 Å². The summed E-state index contributed by atoms with van der Waals surface area (Å²) in [6.07, 6.45) is 2.09. The van der Waals surface area contributed by atoms with Crippen molar-refractivity contribution in [2.24, 2.45) is 5.92 Å². The van der Waals surface area contributed by atoms with Gasteiger partial charge in [-0.25, -0.2) is 4.79 Å². The molecule has 2 N–H and O–H groups in total. The van der Waals surface area contributed by atoms with Gasteiger partial charge >= 0.3 is 12.0 Å². The molecule has 0 radical (unpaired) electrons. The maximum Gasteiger partial charge on any atom is 0.323 e. The molecule has 7 heteroatoms. The van der Waals surface area contributed by atoms with Gasteiger partial charge in [-0.3, -0.25) is 9.59 Å². The number of carboxylic acid groups (broad SMARTS) is 1. The summed E-state index contributed by atoms with van der Waals surface area (Å²) >= 11 is 0. The number of urea groups is 1. The minimum Gasteiger partial charge on any atom is -0.480 e. The number of hydrogen-bond acceptors (Lipinski definition) is 3. The van der Waals surface area contributed by atoms with E-state index in [0.29, 0.717) is 25.6 Å². The first kappa shape index (κ1) is 12.7. The van der Waals surface area contributed by atoms with Crippen LogP contribution in [0.15, 0.2) is 0 Å². The van der Waals surface area contributed by atoms with Gasteiger partial charge in [0.15, 0.2) is 0 Å². The highest BCUT2D eigenvalue weighted by Crippen LogP contribution is 2.29. The molecule has 1 aliphatic heterocycles. The first-order chi connectivity index (χ1) is 8.56. The van der Waals surface area contributed by atoms with Crippen LogP contribution in [-0.4, -0.2) is 65.5 Å². The monoisotopic (exact) mass is 255 g/mol. The molecule has 1 heterocycles. The van der Waals surface area contributed by atoms with Crippen molar-refractivity contribution < 1.29 is 19.5 Å². The normalized spacial score (nSPS) is 19.3. The summed E-state index contributed by atoms with van der Waals surface area (Å²) in [4.78, 5) is 36.9. The summed E-state index contributed by atoms with van der Waals surface area (Å²) in [6, 6.07) is -0.348. The molecule has 1 aliphatic carbocycles. The number of carbonyl (C=O) groups is 3. The van der Waals surface area contributed by atoms with Crippen molar-refractivity contribution in [1.82, 2.24) is 15.1 Å². The van der Waals surface area contributed by atoms with Gasteiger partial charge in [0, 0.05) is 19.6 Å². The van der Waals surface area contributed by atoms with Crippen LogP contribution in [0.25, 0.3) is 0 Å². The Morgan fingerprint density at radius 1 is 1.44 bits per heavy atom. The minimum atomic E-state index is -1.02. The van der Waals surface area contributed by atoms with Gasteiger partial charge in [-0.05, 0) is 18.8 Å². The first-order valence-electron chi connectivity index (χ1n) is 6.08. The fourth-order valence-electron chi connectivity index (χ4n) is 1.99. The number of rotatable bonds is 4. The van der Waals surface area contributed by atoms with Gasteiger partial charge in [0.2, 0.25) is 5.91 Å². The largest absolute Gasteiger partial charge is 0.480 e. The molecule has 7 nitrogen and oxygen atoms in total. The first-order valence-corrected chi connectivity index (χ1v) is 6.08. The maximum atomic E-state index is 12.2. The van der Waals surface area contributed by atoms with Gasteiger partial charge in [-0.2, -0.15) is 0 Å². The number of aliphatic carboxylic acids is 1. The Labute approximate surface area is 105 Å². The smallest absolute Gasteiger partial charge is 0.323 e. The molecule has 2 rings (SSSR count). The number of hydrogen-bond donors (Lipinski definition) is 2. The van der Waals surface area contributed by atoms with Gasteiger partial charge in [0.25, 0.3) is 0 Å². The second-order valence-electron chi connectivity index (χ2n) is 4.77. The SMILES string of the molecule is O=C(O)CN(CC1CC1)C(=O)N1CCNC(=O)C1. The van der Waals surface area contributed by atoms with Crippen molar-refractivity contribution in [3.8, 4) is 0 Å². The Bertz CT molecular complexity index is 367. The van der Waals surface area contributed by atoms with Gasteiger partial charge < -0.3 is 20.2 Å². The van der Waals surface area contributed by atoms with Crippen LogP contribution in [0.5, 0.6) is 0 Å². The molecule has 0 spiro atoms. The third kappa shape index (κ3) is 3.35. The zero-order valence-corrected chi connectivity index (χ0v) is 10.1. The molecule has 0 bridgehead atoms. The Morgan fingerprint density at radius 2 is 2.17 bits per heavy atom. The van der Waals surface area contributed by atoms with E-state index in [0.717, 1.165) is 12.8 Å². The van der Waals surface area contributed by atoms with Gasteiger partial charge in [-0.15, -0.1) is 0 Å². The summed E-state index contributed by atoms with van der Waals surface area (Å²) < 4.78 is 0. The van der Waals surface area contributed by atoms with E-state index in [1.165, 1.54) is 9.80 Å². The van der Waals surface area contributed by atoms with Crippen molar-refractivity contribution in [1.29, 1.82) is 0 Å². The van der Waals surface area contributed by atoms with E-state index < -0.39 is 5.97 Å². The van der Waals surface area contributed by atoms with E-state index in [1.807, 2.05) is 0 Å². The molecule has 0 unspecified atom stereocenters. The lowest BCUT2D eigenvalue weighted by atomic mass is 10.3. The predicted molar refractivity (Wildman–Crippen MR) is 61.9 cm³/mol. The molecule has 0 aromatic heterocycles. The average Bonchev–Trinajstić information content (AvgIpc) is 3.10. The van der Waals surface area contributed by atoms with Crippen LogP contribution in [0.4, 0.5) is 4.79 Å². The van der Waals surface area contributed by atoms with Crippen molar-refractivity contribution in [2.75, 3.05) is 32.7 Å². The van der Waals surface area contributed by atoms with Crippen LogP contribution < -0.4 is 5.32 Å². The van der Waals surface area contributed by atoms with Crippen molar-refractivity contribution in [3.05, 3.63) is 0 Å². The number of nitrogens with zero attached hydrogens (tertiary/aromatic N) is 2. The van der Waals surface area contributed by atoms with E-state index in [9.17, 15) is 14.4 Å². The molecule has 2 fully saturated rings. The number of nitrogens with one attached hydrogen (secondary N) is 1. The van der Waals surface area contributed by atoms with E-state index >= 15 is 0 Å². The fourth-order valence-corrected chi connectivity index (χ4v) is 1.99. The average molecular weight is 255 g/mol. The van der Waals surface area contributed by atoms with Gasteiger partial charge in [0.05, 0.1) is 0 Å². The molecule has 2 aliphatic rings. The zero-order chi connectivity index (χ0) is 13.1. The minimum absolute atomic E-state index is 0.0135. The third-order valence-electron chi connectivity index (χ3n) is 3.08. The van der Waals surface area contributed by atoms with Gasteiger partial charge in [-0.1, -0.05) is 0 Å². The summed E-state index contributed by atoms with van der Waals surface area (Å²) in [5.41, 5.74) is 0. The molecule has 100 valence electrons. The highest BCUT2D eigenvalue weighted by Gasteiger charge is 2.31. The van der Waals surface area contributed by atoms with E-state index in [2.05, 4.69) is 5.32 Å². The third-order valence-corrected chi connectivity index (χ3v) is 3.08. The molecule has 1 saturated heterocycles. The standard InChI is InChI=1S/C11H17N3O4/c15-9-6-13(4-3-12-9)11(18)14(7-10(16)17)5-8-1-2-8/h8H,1-7H2,(H,12,15)(H,16,17). The van der Waals surface area contributed by atoms with Crippen molar-refractivity contribution in [2.45, 2.75) is 12.8 Å². The number of carbonyl (C=O) groups excluding carboxylic acids is 2. The molecule has 0 aromatic carbocycles.